The van der Waals surface area contributed by atoms with Crippen LogP contribution in [0.5, 0.6) is 11.5 Å². The molecule has 1 aliphatic rings. The zero-order valence-corrected chi connectivity index (χ0v) is 10.8. The van der Waals surface area contributed by atoms with Gasteiger partial charge < -0.3 is 15.1 Å². The Morgan fingerprint density at radius 1 is 1.33 bits per heavy atom. The van der Waals surface area contributed by atoms with Crippen molar-refractivity contribution in [2.45, 2.75) is 5.92 Å². The fourth-order valence-corrected chi connectivity index (χ4v) is 3.08. The first-order valence-corrected chi connectivity index (χ1v) is 6.41. The fourth-order valence-electron chi connectivity index (χ4n) is 2.82. The van der Waals surface area contributed by atoms with Crippen molar-refractivity contribution in [2.24, 2.45) is 0 Å². The van der Waals surface area contributed by atoms with Gasteiger partial charge in [0.25, 0.3) is 0 Å². The molecule has 0 radical (unpaired) electrons. The van der Waals surface area contributed by atoms with Gasteiger partial charge in [-0.3, -0.25) is 0 Å². The number of hydrogen-bond acceptors (Lipinski definition) is 3. The van der Waals surface area contributed by atoms with E-state index in [0.717, 1.165) is 23.2 Å². The number of aromatic hydroxyl groups is 2. The van der Waals surface area contributed by atoms with Gasteiger partial charge >= 0.3 is 0 Å². The maximum atomic E-state index is 10.1. The quantitative estimate of drug-likeness (QED) is 0.778. The highest BCUT2D eigenvalue weighted by Crippen LogP contribution is 2.47. The predicted octanol–water partition coefficient (Wildman–Crippen LogP) is 3.02. The highest BCUT2D eigenvalue weighted by atomic mass is 35.5. The molecule has 0 saturated heterocycles. The van der Waals surface area contributed by atoms with Crippen molar-refractivity contribution in [2.75, 3.05) is 24.4 Å². The van der Waals surface area contributed by atoms with Gasteiger partial charge in [0.1, 0.15) is 11.5 Å². The van der Waals surface area contributed by atoms with Crippen LogP contribution >= 0.6 is 11.6 Å². The Labute approximate surface area is 110 Å². The number of phenolic OH excluding ortho intramolecular Hbond substituents is 2. The van der Waals surface area contributed by atoms with Gasteiger partial charge in [-0.05, 0) is 11.6 Å². The number of hydrogen-bond donors (Lipinski definition) is 2. The maximum absolute atomic E-state index is 10.1. The van der Waals surface area contributed by atoms with Crippen LogP contribution in [0.25, 0.3) is 10.8 Å². The molecule has 2 aromatic rings. The zero-order valence-electron chi connectivity index (χ0n) is 10.0. The molecule has 18 heavy (non-hydrogen) atoms. The van der Waals surface area contributed by atoms with Crippen molar-refractivity contribution >= 4 is 28.1 Å². The Bertz CT molecular complexity index is 627. The third-order valence-corrected chi connectivity index (χ3v) is 4.01. The Morgan fingerprint density at radius 2 is 2.11 bits per heavy atom. The Morgan fingerprint density at radius 3 is 2.83 bits per heavy atom. The molecule has 4 heteroatoms. The largest absolute Gasteiger partial charge is 0.507 e. The van der Waals surface area contributed by atoms with E-state index >= 15 is 0 Å². The van der Waals surface area contributed by atoms with E-state index in [1.54, 1.807) is 18.2 Å². The third kappa shape index (κ3) is 1.44. The molecule has 0 bridgehead atoms. The number of likely N-dealkylation sites (N-methyl/N-ethyl adjacent to an activating group) is 1. The van der Waals surface area contributed by atoms with Crippen LogP contribution in [0.1, 0.15) is 11.5 Å². The number of rotatable bonds is 1. The summed E-state index contributed by atoms with van der Waals surface area (Å²) in [5.41, 5.74) is 1.99. The van der Waals surface area contributed by atoms with Crippen molar-refractivity contribution in [3.63, 3.8) is 0 Å². The Hall–Kier alpha value is -1.61. The van der Waals surface area contributed by atoms with Crippen LogP contribution < -0.4 is 4.90 Å². The molecule has 1 aliphatic heterocycles. The average Bonchev–Trinajstić information content (AvgIpc) is 2.67. The van der Waals surface area contributed by atoms with Crippen LogP contribution in [0, 0.1) is 0 Å². The molecule has 3 rings (SSSR count). The summed E-state index contributed by atoms with van der Waals surface area (Å²) in [6, 6.07) is 6.95. The number of benzene rings is 2. The number of anilines is 1. The van der Waals surface area contributed by atoms with Gasteiger partial charge in [0.15, 0.2) is 0 Å². The summed E-state index contributed by atoms with van der Waals surface area (Å²) in [6.07, 6.45) is 0. The molecule has 0 spiro atoms. The lowest BCUT2D eigenvalue weighted by Crippen LogP contribution is -2.15. The van der Waals surface area contributed by atoms with E-state index in [1.807, 2.05) is 13.1 Å². The summed E-state index contributed by atoms with van der Waals surface area (Å²) in [4.78, 5) is 2.06. The van der Waals surface area contributed by atoms with Crippen LogP contribution in [-0.2, 0) is 0 Å². The highest BCUT2D eigenvalue weighted by Gasteiger charge is 2.30. The van der Waals surface area contributed by atoms with Crippen molar-refractivity contribution in [1.82, 2.24) is 0 Å². The molecule has 0 aliphatic carbocycles. The summed E-state index contributed by atoms with van der Waals surface area (Å²) in [5.74, 6) is 1.08. The smallest absolute Gasteiger partial charge is 0.125 e. The Balaban J connectivity index is 2.44. The Kier molecular flexibility index (Phi) is 2.52. The van der Waals surface area contributed by atoms with Crippen LogP contribution in [0.3, 0.4) is 0 Å². The second kappa shape index (κ2) is 3.95. The molecule has 94 valence electrons. The van der Waals surface area contributed by atoms with E-state index < -0.39 is 0 Å². The topological polar surface area (TPSA) is 43.7 Å². The lowest BCUT2D eigenvalue weighted by atomic mass is 9.95. The SMILES string of the molecule is CN1C[C@@H](CCl)c2c1cc(O)c1cccc(O)c21. The number of fused-ring (bicyclic) bond motifs is 3. The maximum Gasteiger partial charge on any atom is 0.125 e. The average molecular weight is 264 g/mol. The van der Waals surface area contributed by atoms with E-state index in [1.165, 1.54) is 0 Å². The minimum atomic E-state index is 0.183. The lowest BCUT2D eigenvalue weighted by molar-refractivity contribution is 0.475. The van der Waals surface area contributed by atoms with Crippen molar-refractivity contribution in [3.8, 4) is 11.5 Å². The molecule has 3 nitrogen and oxygen atoms in total. The minimum absolute atomic E-state index is 0.183. The molecular formula is C14H14ClNO2. The van der Waals surface area contributed by atoms with E-state index in [2.05, 4.69) is 4.90 Å². The first-order chi connectivity index (χ1) is 8.63. The second-order valence-corrected chi connectivity index (χ2v) is 5.07. The number of nitrogens with zero attached hydrogens (tertiary/aromatic N) is 1. The van der Waals surface area contributed by atoms with Crippen LogP contribution in [0.15, 0.2) is 24.3 Å². The minimum Gasteiger partial charge on any atom is -0.507 e. The van der Waals surface area contributed by atoms with Gasteiger partial charge in [0, 0.05) is 47.9 Å². The fraction of sp³-hybridized carbons (Fsp3) is 0.286. The monoisotopic (exact) mass is 263 g/mol. The summed E-state index contributed by atoms with van der Waals surface area (Å²) in [5, 5.41) is 21.6. The molecule has 0 amide bonds. The zero-order chi connectivity index (χ0) is 12.9. The molecule has 1 heterocycles. The summed E-state index contributed by atoms with van der Waals surface area (Å²) < 4.78 is 0. The standard InChI is InChI=1S/C14H14ClNO2/c1-16-7-8(6-15)13-10(16)5-12(18)9-3-2-4-11(17)14(9)13/h2-5,8,17-18H,6-7H2,1H3/t8-/m1/s1. The third-order valence-electron chi connectivity index (χ3n) is 3.64. The summed E-state index contributed by atoms with van der Waals surface area (Å²) in [7, 11) is 1.97. The molecule has 0 aromatic heterocycles. The highest BCUT2D eigenvalue weighted by molar-refractivity contribution is 6.19. The number of phenols is 2. The first-order valence-electron chi connectivity index (χ1n) is 5.88. The van der Waals surface area contributed by atoms with Crippen molar-refractivity contribution in [1.29, 1.82) is 0 Å². The second-order valence-electron chi connectivity index (χ2n) is 4.76. The molecule has 2 aromatic carbocycles. The summed E-state index contributed by atoms with van der Waals surface area (Å²) >= 11 is 6.02. The van der Waals surface area contributed by atoms with Gasteiger partial charge in [-0.1, -0.05) is 12.1 Å². The van der Waals surface area contributed by atoms with Gasteiger partial charge in [0.2, 0.25) is 0 Å². The van der Waals surface area contributed by atoms with Crippen LogP contribution in [0.2, 0.25) is 0 Å². The molecule has 0 fully saturated rings. The summed E-state index contributed by atoms with van der Waals surface area (Å²) in [6.45, 7) is 0.811. The number of halogens is 1. The van der Waals surface area contributed by atoms with Crippen LogP contribution in [0.4, 0.5) is 5.69 Å². The normalized spacial score (nSPS) is 18.3. The number of alkyl halides is 1. The van der Waals surface area contributed by atoms with Crippen molar-refractivity contribution in [3.05, 3.63) is 29.8 Å². The predicted molar refractivity (Wildman–Crippen MR) is 74.0 cm³/mol. The lowest BCUT2D eigenvalue weighted by Gasteiger charge is -2.14. The molecule has 0 saturated carbocycles. The van der Waals surface area contributed by atoms with Gasteiger partial charge in [-0.2, -0.15) is 0 Å². The van der Waals surface area contributed by atoms with E-state index in [0.29, 0.717) is 11.3 Å². The molecule has 2 N–H and O–H groups in total. The molecular weight excluding hydrogens is 250 g/mol. The van der Waals surface area contributed by atoms with Gasteiger partial charge in [0.05, 0.1) is 0 Å². The van der Waals surface area contributed by atoms with Gasteiger partial charge in [-0.15, -0.1) is 11.6 Å². The van der Waals surface area contributed by atoms with Crippen LogP contribution in [-0.4, -0.2) is 29.7 Å². The first kappa shape index (κ1) is 11.5. The van der Waals surface area contributed by atoms with Gasteiger partial charge in [-0.25, -0.2) is 0 Å². The molecule has 0 unspecified atom stereocenters. The molecule has 1 atom stereocenters. The van der Waals surface area contributed by atoms with Crippen molar-refractivity contribution < 1.29 is 10.2 Å². The van der Waals surface area contributed by atoms with E-state index in [9.17, 15) is 10.2 Å². The van der Waals surface area contributed by atoms with E-state index in [4.69, 9.17) is 11.6 Å². The van der Waals surface area contributed by atoms with E-state index in [-0.39, 0.29) is 17.4 Å².